The van der Waals surface area contributed by atoms with Crippen LogP contribution in [0.1, 0.15) is 0 Å². The van der Waals surface area contributed by atoms with E-state index in [4.69, 9.17) is 0 Å². The van der Waals surface area contributed by atoms with E-state index in [1.807, 2.05) is 0 Å². The van der Waals surface area contributed by atoms with Gasteiger partial charge in [-0.3, -0.25) is 14.3 Å². The molecule has 1 aromatic heterocycles. The van der Waals surface area contributed by atoms with Gasteiger partial charge in [0, 0.05) is 6.54 Å². The summed E-state index contributed by atoms with van der Waals surface area (Å²) in [7, 11) is 0. The number of nitrogens with one attached hydrogen (secondary N) is 1. The summed E-state index contributed by atoms with van der Waals surface area (Å²) in [5.41, 5.74) is -0.632. The summed E-state index contributed by atoms with van der Waals surface area (Å²) in [6.45, 7) is 3.63. The van der Waals surface area contributed by atoms with Gasteiger partial charge in [0.05, 0.1) is 0 Å². The lowest BCUT2D eigenvalue weighted by atomic mass is 10.1. The van der Waals surface area contributed by atoms with Crippen LogP contribution >= 0.6 is 0 Å². The minimum atomic E-state index is -0.655. The van der Waals surface area contributed by atoms with Crippen LogP contribution in [0.4, 0.5) is 0 Å². The van der Waals surface area contributed by atoms with Crippen molar-refractivity contribution in [2.75, 3.05) is 0 Å². The lowest BCUT2D eigenvalue weighted by molar-refractivity contribution is 0.413. The normalized spacial score (nSPS) is 10.2. The first-order valence-corrected chi connectivity index (χ1v) is 5.37. The third-order valence-electron chi connectivity index (χ3n) is 2.55. The molecule has 0 unspecified atom stereocenters. The SMILES string of the molecule is C=CCn1c(O)c(-c2ccccc2)c(=O)[nH]c1=O. The van der Waals surface area contributed by atoms with E-state index in [1.165, 1.54) is 6.08 Å². The van der Waals surface area contributed by atoms with Gasteiger partial charge in [0.1, 0.15) is 5.56 Å². The predicted octanol–water partition coefficient (Wildman–Crippen LogP) is 1.10. The minimum absolute atomic E-state index is 0.0806. The van der Waals surface area contributed by atoms with Crippen molar-refractivity contribution in [2.24, 2.45) is 0 Å². The topological polar surface area (TPSA) is 75.1 Å². The molecule has 0 spiro atoms. The number of allylic oxidation sites excluding steroid dienone is 1. The zero-order chi connectivity index (χ0) is 13.1. The molecule has 0 aliphatic carbocycles. The molecule has 1 heterocycles. The first kappa shape index (κ1) is 11.9. The fraction of sp³-hybridized carbons (Fsp3) is 0.0769. The van der Waals surface area contributed by atoms with Gasteiger partial charge >= 0.3 is 5.69 Å². The van der Waals surface area contributed by atoms with Crippen LogP contribution in [0.5, 0.6) is 5.88 Å². The number of H-pyrrole nitrogens is 1. The van der Waals surface area contributed by atoms with E-state index in [0.29, 0.717) is 5.56 Å². The molecule has 0 aliphatic heterocycles. The molecule has 1 aromatic carbocycles. The van der Waals surface area contributed by atoms with Crippen molar-refractivity contribution in [2.45, 2.75) is 6.54 Å². The van der Waals surface area contributed by atoms with E-state index in [2.05, 4.69) is 11.6 Å². The Morgan fingerprint density at radius 3 is 2.56 bits per heavy atom. The summed E-state index contributed by atoms with van der Waals surface area (Å²) >= 11 is 0. The van der Waals surface area contributed by atoms with E-state index >= 15 is 0 Å². The Kier molecular flexibility index (Phi) is 3.14. The molecule has 0 saturated carbocycles. The summed E-state index contributed by atoms with van der Waals surface area (Å²) in [5, 5.41) is 10.0. The minimum Gasteiger partial charge on any atom is -0.494 e. The molecular weight excluding hydrogens is 232 g/mol. The van der Waals surface area contributed by atoms with Crippen LogP contribution in [0.25, 0.3) is 11.1 Å². The number of benzene rings is 1. The monoisotopic (exact) mass is 244 g/mol. The van der Waals surface area contributed by atoms with Crippen molar-refractivity contribution < 1.29 is 5.11 Å². The molecule has 5 heteroatoms. The molecule has 0 aliphatic rings. The summed E-state index contributed by atoms with van der Waals surface area (Å²) in [5.74, 6) is -0.352. The Morgan fingerprint density at radius 1 is 1.28 bits per heavy atom. The highest BCUT2D eigenvalue weighted by Gasteiger charge is 2.14. The van der Waals surface area contributed by atoms with Gasteiger partial charge in [0.2, 0.25) is 5.88 Å². The van der Waals surface area contributed by atoms with E-state index in [9.17, 15) is 14.7 Å². The second-order valence-corrected chi connectivity index (χ2v) is 3.72. The fourth-order valence-corrected chi connectivity index (χ4v) is 1.72. The maximum atomic E-state index is 11.8. The standard InChI is InChI=1S/C13H12N2O3/c1-2-8-15-12(17)10(11(16)14-13(15)18)9-6-4-3-5-7-9/h2-7,17H,1,8H2,(H,14,16,18). The number of hydrogen-bond acceptors (Lipinski definition) is 3. The Morgan fingerprint density at radius 2 is 1.94 bits per heavy atom. The summed E-state index contributed by atoms with van der Waals surface area (Å²) in [6, 6.07) is 8.67. The van der Waals surface area contributed by atoms with Gasteiger partial charge in [-0.05, 0) is 5.56 Å². The van der Waals surface area contributed by atoms with Gasteiger partial charge in [-0.15, -0.1) is 6.58 Å². The van der Waals surface area contributed by atoms with E-state index in [1.54, 1.807) is 30.3 Å². The largest absolute Gasteiger partial charge is 0.494 e. The third kappa shape index (κ3) is 1.98. The first-order chi connectivity index (χ1) is 8.65. The average Bonchev–Trinajstić information content (AvgIpc) is 2.35. The van der Waals surface area contributed by atoms with E-state index < -0.39 is 11.2 Å². The van der Waals surface area contributed by atoms with Gasteiger partial charge in [-0.1, -0.05) is 36.4 Å². The highest BCUT2D eigenvalue weighted by molar-refractivity contribution is 5.67. The number of rotatable bonds is 3. The molecule has 2 rings (SSSR count). The Bertz CT molecular complexity index is 684. The van der Waals surface area contributed by atoms with Crippen molar-refractivity contribution in [1.29, 1.82) is 0 Å². The summed E-state index contributed by atoms with van der Waals surface area (Å²) in [6.07, 6.45) is 1.47. The van der Waals surface area contributed by atoms with Crippen LogP contribution in [0.2, 0.25) is 0 Å². The molecule has 92 valence electrons. The molecule has 2 N–H and O–H groups in total. The summed E-state index contributed by atoms with van der Waals surface area (Å²) in [4.78, 5) is 25.5. The number of hydrogen-bond donors (Lipinski definition) is 2. The van der Waals surface area contributed by atoms with Crippen molar-refractivity contribution in [3.05, 3.63) is 63.8 Å². The highest BCUT2D eigenvalue weighted by atomic mass is 16.3. The first-order valence-electron chi connectivity index (χ1n) is 5.37. The van der Waals surface area contributed by atoms with Crippen LogP contribution in [0.15, 0.2) is 52.6 Å². The smallest absolute Gasteiger partial charge is 0.331 e. The maximum Gasteiger partial charge on any atom is 0.331 e. The molecular formula is C13H12N2O3. The molecule has 0 fully saturated rings. The molecule has 0 amide bonds. The van der Waals surface area contributed by atoms with Crippen LogP contribution in [0.3, 0.4) is 0 Å². The van der Waals surface area contributed by atoms with Crippen molar-refractivity contribution >= 4 is 0 Å². The quantitative estimate of drug-likeness (QED) is 0.794. The van der Waals surface area contributed by atoms with Crippen molar-refractivity contribution in [3.8, 4) is 17.0 Å². The van der Waals surface area contributed by atoms with Crippen LogP contribution in [0, 0.1) is 0 Å². The van der Waals surface area contributed by atoms with Gasteiger partial charge < -0.3 is 5.11 Å². The third-order valence-corrected chi connectivity index (χ3v) is 2.55. The van der Waals surface area contributed by atoms with Gasteiger partial charge in [-0.2, -0.15) is 0 Å². The highest BCUT2D eigenvalue weighted by Crippen LogP contribution is 2.23. The Balaban J connectivity index is 2.76. The number of aromatic hydroxyl groups is 1. The van der Waals surface area contributed by atoms with Crippen molar-refractivity contribution in [1.82, 2.24) is 9.55 Å². The lowest BCUT2D eigenvalue weighted by Crippen LogP contribution is -2.30. The average molecular weight is 244 g/mol. The summed E-state index contributed by atoms with van der Waals surface area (Å²) < 4.78 is 1.05. The Hall–Kier alpha value is -2.56. The zero-order valence-corrected chi connectivity index (χ0v) is 9.59. The van der Waals surface area contributed by atoms with Crippen LogP contribution in [-0.2, 0) is 6.54 Å². The molecule has 5 nitrogen and oxygen atoms in total. The molecule has 0 atom stereocenters. The van der Waals surface area contributed by atoms with E-state index in [-0.39, 0.29) is 18.0 Å². The maximum absolute atomic E-state index is 11.8. The van der Waals surface area contributed by atoms with Gasteiger partial charge in [0.25, 0.3) is 5.56 Å². The van der Waals surface area contributed by atoms with Gasteiger partial charge in [0.15, 0.2) is 0 Å². The molecule has 0 radical (unpaired) electrons. The second-order valence-electron chi connectivity index (χ2n) is 3.72. The molecule has 0 bridgehead atoms. The molecule has 18 heavy (non-hydrogen) atoms. The second kappa shape index (κ2) is 4.75. The van der Waals surface area contributed by atoms with E-state index in [0.717, 1.165) is 4.57 Å². The van der Waals surface area contributed by atoms with Crippen LogP contribution in [-0.4, -0.2) is 14.7 Å². The fourth-order valence-electron chi connectivity index (χ4n) is 1.72. The van der Waals surface area contributed by atoms with Crippen LogP contribution < -0.4 is 11.2 Å². The lowest BCUT2D eigenvalue weighted by Gasteiger charge is -2.09. The molecule has 0 saturated heterocycles. The number of aromatic nitrogens is 2. The predicted molar refractivity (Wildman–Crippen MR) is 68.6 cm³/mol. The zero-order valence-electron chi connectivity index (χ0n) is 9.59. The van der Waals surface area contributed by atoms with Gasteiger partial charge in [-0.25, -0.2) is 4.79 Å². The number of aromatic amines is 1. The van der Waals surface area contributed by atoms with Crippen molar-refractivity contribution in [3.63, 3.8) is 0 Å². The molecule has 2 aromatic rings. The number of nitrogens with zero attached hydrogens (tertiary/aromatic N) is 1. The Labute approximate surface area is 103 Å².